The lowest BCUT2D eigenvalue weighted by molar-refractivity contribution is 0.0837. The molecule has 0 spiro atoms. The summed E-state index contributed by atoms with van der Waals surface area (Å²) in [5.41, 5.74) is 7.84. The maximum atomic E-state index is 12.6. The Morgan fingerprint density at radius 1 is 0.837 bits per heavy atom. The van der Waals surface area contributed by atoms with Crippen LogP contribution in [-0.2, 0) is 0 Å². The van der Waals surface area contributed by atoms with Crippen LogP contribution in [0.3, 0.4) is 0 Å². The summed E-state index contributed by atoms with van der Waals surface area (Å²) in [5.74, 6) is 0.138. The molecular formula is C40H63NO2. The van der Waals surface area contributed by atoms with Crippen molar-refractivity contribution in [2.45, 2.75) is 115 Å². The zero-order valence-electron chi connectivity index (χ0n) is 30.0. The summed E-state index contributed by atoms with van der Waals surface area (Å²) in [6, 6.07) is 13.4. The zero-order chi connectivity index (χ0) is 34.0. The highest BCUT2D eigenvalue weighted by Gasteiger charge is 2.17. The van der Waals surface area contributed by atoms with Gasteiger partial charge in [0.1, 0.15) is 0 Å². The number of allylic oxidation sites excluding steroid dienone is 5. The van der Waals surface area contributed by atoms with Crippen molar-refractivity contribution >= 4 is 11.7 Å². The molecule has 0 saturated heterocycles. The number of nitrogens with zero attached hydrogens (tertiary/aromatic N) is 1. The number of Topliss-reactive ketones (excluding diaryl/α,β-unsaturated/α-hetero) is 1. The topological polar surface area (TPSA) is 37.4 Å². The summed E-state index contributed by atoms with van der Waals surface area (Å²) in [5, 5.41) is 0. The minimum absolute atomic E-state index is 0.00525. The van der Waals surface area contributed by atoms with Gasteiger partial charge in [0.15, 0.2) is 5.78 Å². The molecule has 3 nitrogen and oxygen atoms in total. The molecule has 0 radical (unpaired) electrons. The van der Waals surface area contributed by atoms with Gasteiger partial charge < -0.3 is 4.90 Å². The number of carbonyl (C=O) groups excluding carboxylic acids is 2. The third-order valence-electron chi connectivity index (χ3n) is 6.34. The van der Waals surface area contributed by atoms with Gasteiger partial charge in [-0.1, -0.05) is 121 Å². The van der Waals surface area contributed by atoms with E-state index in [-0.39, 0.29) is 11.7 Å². The monoisotopic (exact) mass is 589 g/mol. The Bertz CT molecular complexity index is 1150. The number of benzene rings is 2. The van der Waals surface area contributed by atoms with Crippen LogP contribution in [0.25, 0.3) is 0 Å². The normalized spacial score (nSPS) is 10.2. The van der Waals surface area contributed by atoms with Gasteiger partial charge in [0.05, 0.1) is 0 Å². The average Bonchev–Trinajstić information content (AvgIpc) is 2.99. The Morgan fingerprint density at radius 3 is 1.72 bits per heavy atom. The van der Waals surface area contributed by atoms with Crippen LogP contribution in [0.1, 0.15) is 132 Å². The van der Waals surface area contributed by atoms with E-state index in [9.17, 15) is 9.59 Å². The van der Waals surface area contributed by atoms with Crippen LogP contribution in [0.15, 0.2) is 90.7 Å². The van der Waals surface area contributed by atoms with Crippen molar-refractivity contribution in [1.82, 2.24) is 4.90 Å². The van der Waals surface area contributed by atoms with Gasteiger partial charge in [-0.3, -0.25) is 9.59 Å². The number of hydrogen-bond donors (Lipinski definition) is 0. The van der Waals surface area contributed by atoms with E-state index in [0.717, 1.165) is 40.0 Å². The highest BCUT2D eigenvalue weighted by molar-refractivity contribution is 5.97. The third kappa shape index (κ3) is 20.1. The first-order valence-electron chi connectivity index (χ1n) is 15.9. The lowest BCUT2D eigenvalue weighted by atomic mass is 10.0. The van der Waals surface area contributed by atoms with Crippen molar-refractivity contribution in [1.29, 1.82) is 0 Å². The second kappa shape index (κ2) is 27.4. The fourth-order valence-corrected chi connectivity index (χ4v) is 3.69. The number of aryl methyl sites for hydroxylation is 3. The fourth-order valence-electron chi connectivity index (χ4n) is 3.69. The molecule has 0 aliphatic rings. The molecule has 240 valence electrons. The van der Waals surface area contributed by atoms with Gasteiger partial charge in [0, 0.05) is 23.9 Å². The lowest BCUT2D eigenvalue weighted by Crippen LogP contribution is -2.27. The van der Waals surface area contributed by atoms with Crippen LogP contribution >= 0.6 is 0 Å². The van der Waals surface area contributed by atoms with Crippen molar-refractivity contribution in [3.63, 3.8) is 0 Å². The first-order chi connectivity index (χ1) is 20.3. The molecule has 0 aliphatic heterocycles. The molecule has 0 unspecified atom stereocenters. The van der Waals surface area contributed by atoms with Crippen LogP contribution in [-0.4, -0.2) is 23.6 Å². The highest BCUT2D eigenvalue weighted by atomic mass is 16.2. The number of unbranched alkanes of at least 4 members (excludes halogenated alkanes) is 3. The van der Waals surface area contributed by atoms with E-state index in [0.29, 0.717) is 0 Å². The van der Waals surface area contributed by atoms with Crippen LogP contribution in [0.5, 0.6) is 0 Å². The van der Waals surface area contributed by atoms with Gasteiger partial charge in [-0.05, 0) is 89.3 Å². The van der Waals surface area contributed by atoms with E-state index in [2.05, 4.69) is 33.9 Å². The van der Waals surface area contributed by atoms with Gasteiger partial charge >= 0.3 is 0 Å². The van der Waals surface area contributed by atoms with Gasteiger partial charge in [-0.25, -0.2) is 0 Å². The summed E-state index contributed by atoms with van der Waals surface area (Å²) < 4.78 is 0. The second-order valence-corrected chi connectivity index (χ2v) is 10.3. The summed E-state index contributed by atoms with van der Waals surface area (Å²) in [7, 11) is 1.81. The van der Waals surface area contributed by atoms with Crippen LogP contribution in [0.2, 0.25) is 0 Å². The van der Waals surface area contributed by atoms with Crippen LogP contribution in [0.4, 0.5) is 0 Å². The summed E-state index contributed by atoms with van der Waals surface area (Å²) >= 11 is 0. The molecule has 2 aromatic rings. The van der Waals surface area contributed by atoms with Crippen LogP contribution < -0.4 is 0 Å². The molecule has 3 heteroatoms. The Balaban J connectivity index is -0.000000580. The minimum Gasteiger partial charge on any atom is -0.311 e. The third-order valence-corrected chi connectivity index (χ3v) is 6.34. The standard InChI is InChI=1S/C18H23NO.C10H12O.C6H14.C4H8.C2H6/c1-7-17(15(5)12-13(2)3)19(6)18(20)16-11-9-8-10-14(16)4;1-7-4-5-10(9(3)11)6-8(7)2;1-3-5-6-4-2;1-3-4-2;1-2/h7-12H,2H2,1,3-6H3;4-6H,1-3H3;3-6H2,1-2H3;3H,1,4H2,2H3;1-2H3/b15-12-,17-7+;;;;. The molecule has 0 aliphatic carbocycles. The van der Waals surface area contributed by atoms with Crippen LogP contribution in [0, 0.1) is 20.8 Å². The van der Waals surface area contributed by atoms with Crippen molar-refractivity contribution in [2.24, 2.45) is 0 Å². The van der Waals surface area contributed by atoms with E-state index in [4.69, 9.17) is 0 Å². The number of carbonyl (C=O) groups is 2. The molecule has 0 saturated carbocycles. The number of amides is 1. The quantitative estimate of drug-likeness (QED) is 0.126. The van der Waals surface area contributed by atoms with E-state index < -0.39 is 0 Å². The highest BCUT2D eigenvalue weighted by Crippen LogP contribution is 2.19. The Labute approximate surface area is 266 Å². The van der Waals surface area contributed by atoms with Crippen molar-refractivity contribution in [2.75, 3.05) is 7.05 Å². The first-order valence-corrected chi connectivity index (χ1v) is 15.9. The maximum Gasteiger partial charge on any atom is 0.258 e. The predicted molar refractivity (Wildman–Crippen MR) is 193 cm³/mol. The molecule has 0 atom stereocenters. The first kappa shape index (κ1) is 44.0. The molecule has 0 bridgehead atoms. The van der Waals surface area contributed by atoms with E-state index in [1.807, 2.05) is 116 Å². The zero-order valence-corrected chi connectivity index (χ0v) is 30.0. The molecule has 2 aromatic carbocycles. The molecule has 2 rings (SSSR count). The SMILES string of the molecule is C=C(C)/C=C(C)\C(=C/C)N(C)C(=O)c1ccccc1C.C=CCC.CC.CC(=O)c1ccc(C)c(C)c1.CCCCCC. The van der Waals surface area contributed by atoms with E-state index >= 15 is 0 Å². The van der Waals surface area contributed by atoms with Crippen molar-refractivity contribution < 1.29 is 9.59 Å². The molecule has 1 amide bonds. The predicted octanol–water partition coefficient (Wildman–Crippen LogP) is 12.2. The second-order valence-electron chi connectivity index (χ2n) is 10.3. The summed E-state index contributed by atoms with van der Waals surface area (Å²) in [6.45, 7) is 31.4. The van der Waals surface area contributed by atoms with E-state index in [1.54, 1.807) is 18.9 Å². The van der Waals surface area contributed by atoms with Gasteiger partial charge in [0.2, 0.25) is 0 Å². The van der Waals surface area contributed by atoms with Gasteiger partial charge in [0.25, 0.3) is 5.91 Å². The molecular weight excluding hydrogens is 526 g/mol. The molecule has 0 fully saturated rings. The molecule has 0 aromatic heterocycles. The average molecular weight is 590 g/mol. The number of likely N-dealkylation sites (N-methyl/N-ethyl adjacent to an activating group) is 1. The minimum atomic E-state index is 0.00525. The van der Waals surface area contributed by atoms with Gasteiger partial charge in [-0.15, -0.1) is 6.58 Å². The van der Waals surface area contributed by atoms with Crippen molar-refractivity contribution in [3.8, 4) is 0 Å². The molecule has 43 heavy (non-hydrogen) atoms. The number of hydrogen-bond acceptors (Lipinski definition) is 2. The van der Waals surface area contributed by atoms with Crippen molar-refractivity contribution in [3.05, 3.63) is 119 Å². The largest absolute Gasteiger partial charge is 0.311 e. The number of rotatable bonds is 9. The molecule has 0 heterocycles. The number of ketones is 1. The lowest BCUT2D eigenvalue weighted by Gasteiger charge is -2.22. The Kier molecular flexibility index (Phi) is 28.0. The fraction of sp³-hybridized carbons (Fsp3) is 0.450. The Hall–Kier alpha value is -3.46. The van der Waals surface area contributed by atoms with Gasteiger partial charge in [-0.2, -0.15) is 0 Å². The molecule has 0 N–H and O–H groups in total. The smallest absolute Gasteiger partial charge is 0.258 e. The summed E-state index contributed by atoms with van der Waals surface area (Å²) in [6.07, 6.45) is 12.4. The Morgan fingerprint density at radius 2 is 1.35 bits per heavy atom. The maximum absolute atomic E-state index is 12.6. The van der Waals surface area contributed by atoms with E-state index in [1.165, 1.54) is 36.8 Å². The summed E-state index contributed by atoms with van der Waals surface area (Å²) in [4.78, 5) is 25.2.